The van der Waals surface area contributed by atoms with Crippen LogP contribution in [0.3, 0.4) is 0 Å². The van der Waals surface area contributed by atoms with E-state index in [2.05, 4.69) is 167 Å². The summed E-state index contributed by atoms with van der Waals surface area (Å²) < 4.78 is 4.81. The van der Waals surface area contributed by atoms with Crippen molar-refractivity contribution in [2.24, 2.45) is 0 Å². The Morgan fingerprint density at radius 1 is 0.511 bits per heavy atom. The number of hydrogen-bond donors (Lipinski definition) is 0. The predicted octanol–water partition coefficient (Wildman–Crippen LogP) is 11.7. The summed E-state index contributed by atoms with van der Waals surface area (Å²) in [7, 11) is 0. The second kappa shape index (κ2) is 11.0. The molecule has 0 aliphatic rings. The van der Waals surface area contributed by atoms with Gasteiger partial charge in [-0.25, -0.2) is 0 Å². The first-order chi connectivity index (χ1) is 22.3. The summed E-state index contributed by atoms with van der Waals surface area (Å²) in [6.07, 6.45) is 8.10. The summed E-state index contributed by atoms with van der Waals surface area (Å²) >= 11 is 0. The van der Waals surface area contributed by atoms with Gasteiger partial charge in [-0.2, -0.15) is 0 Å². The van der Waals surface area contributed by atoms with E-state index in [0.29, 0.717) is 0 Å². The first-order valence-corrected chi connectivity index (χ1v) is 15.4. The van der Waals surface area contributed by atoms with Crippen LogP contribution in [0, 0.1) is 0 Å². The monoisotopic (exact) mass is 576 g/mol. The fourth-order valence-electron chi connectivity index (χ4n) is 6.79. The Morgan fingerprint density at radius 2 is 1.00 bits per heavy atom. The van der Waals surface area contributed by atoms with E-state index in [-0.39, 0.29) is 0 Å². The third kappa shape index (κ3) is 4.34. The second-order valence-electron chi connectivity index (χ2n) is 11.4. The molecule has 2 nitrogen and oxygen atoms in total. The normalized spacial score (nSPS) is 12.2. The molecular formula is C43H32N2. The van der Waals surface area contributed by atoms with Crippen LogP contribution in [0.4, 0.5) is 0 Å². The van der Waals surface area contributed by atoms with Gasteiger partial charge in [-0.1, -0.05) is 122 Å². The summed E-state index contributed by atoms with van der Waals surface area (Å²) in [5.41, 5.74) is 11.8. The Kier molecular flexibility index (Phi) is 6.54. The van der Waals surface area contributed by atoms with E-state index >= 15 is 0 Å². The SMILES string of the molecule is C=C/C(=C\C=C/C)c1ccc(-n2c3ccccc3c3c4c5ccccc5n(-c5ccc(-c6ccccc6)cc5)c4ccc32)cc1. The lowest BCUT2D eigenvalue weighted by Crippen LogP contribution is -1.95. The molecule has 0 saturated heterocycles. The van der Waals surface area contributed by atoms with Crippen LogP contribution in [0.5, 0.6) is 0 Å². The molecule has 0 amide bonds. The molecule has 6 aromatic carbocycles. The van der Waals surface area contributed by atoms with Crippen molar-refractivity contribution in [2.75, 3.05) is 0 Å². The Hall–Kier alpha value is -5.86. The summed E-state index contributed by atoms with van der Waals surface area (Å²) in [6, 6.07) is 50.5. The number of para-hydroxylation sites is 2. The van der Waals surface area contributed by atoms with E-state index in [4.69, 9.17) is 0 Å². The van der Waals surface area contributed by atoms with Gasteiger partial charge in [0.25, 0.3) is 0 Å². The molecule has 0 N–H and O–H groups in total. The van der Waals surface area contributed by atoms with Gasteiger partial charge < -0.3 is 9.13 Å². The average molecular weight is 577 g/mol. The van der Waals surface area contributed by atoms with Gasteiger partial charge in [0.1, 0.15) is 0 Å². The van der Waals surface area contributed by atoms with Gasteiger partial charge in [0.05, 0.1) is 22.1 Å². The fourth-order valence-corrected chi connectivity index (χ4v) is 6.79. The first kappa shape index (κ1) is 26.7. The lowest BCUT2D eigenvalue weighted by atomic mass is 10.0. The minimum atomic E-state index is 1.10. The highest BCUT2D eigenvalue weighted by Gasteiger charge is 2.20. The van der Waals surface area contributed by atoms with Gasteiger partial charge in [0.2, 0.25) is 0 Å². The Balaban J connectivity index is 1.36. The van der Waals surface area contributed by atoms with E-state index in [1.807, 2.05) is 19.1 Å². The van der Waals surface area contributed by atoms with Gasteiger partial charge >= 0.3 is 0 Å². The van der Waals surface area contributed by atoms with Crippen LogP contribution in [0.1, 0.15) is 12.5 Å². The van der Waals surface area contributed by atoms with Gasteiger partial charge in [-0.05, 0) is 77.7 Å². The standard InChI is InChI=1S/C43H32N2/c1-3-5-13-30(4-2)32-20-24-34(25-21-32)44-38-18-11-9-16-36(38)42-40(44)28-29-41-43(42)37-17-10-12-19-39(37)45(41)35-26-22-33(23-27-35)31-14-7-6-8-15-31/h3-29H,2H2,1H3/b5-3-,30-13+. The number of hydrogen-bond acceptors (Lipinski definition) is 0. The van der Waals surface area contributed by atoms with Crippen LogP contribution in [-0.2, 0) is 0 Å². The molecule has 0 spiro atoms. The fraction of sp³-hybridized carbons (Fsp3) is 0.0233. The average Bonchev–Trinajstić information content (AvgIpc) is 3.62. The van der Waals surface area contributed by atoms with E-state index < -0.39 is 0 Å². The molecular weight excluding hydrogens is 544 g/mol. The molecule has 8 aromatic rings. The molecule has 214 valence electrons. The molecule has 0 unspecified atom stereocenters. The summed E-state index contributed by atoms with van der Waals surface area (Å²) in [6.45, 7) is 6.06. The van der Waals surface area contributed by atoms with E-state index in [1.165, 1.54) is 54.7 Å². The van der Waals surface area contributed by atoms with Crippen molar-refractivity contribution in [3.63, 3.8) is 0 Å². The zero-order chi connectivity index (χ0) is 30.3. The van der Waals surface area contributed by atoms with Crippen molar-refractivity contribution in [1.82, 2.24) is 9.13 Å². The molecule has 0 aliphatic carbocycles. The van der Waals surface area contributed by atoms with E-state index in [1.54, 1.807) is 0 Å². The Morgan fingerprint density at radius 3 is 1.53 bits per heavy atom. The highest BCUT2D eigenvalue weighted by atomic mass is 15.0. The predicted molar refractivity (Wildman–Crippen MR) is 194 cm³/mol. The van der Waals surface area contributed by atoms with Crippen LogP contribution in [0.2, 0.25) is 0 Å². The first-order valence-electron chi connectivity index (χ1n) is 15.4. The number of fused-ring (bicyclic) bond motifs is 7. The molecule has 0 atom stereocenters. The molecule has 2 aromatic heterocycles. The van der Waals surface area contributed by atoms with Crippen LogP contribution in [0.25, 0.3) is 71.7 Å². The van der Waals surface area contributed by atoms with Gasteiger partial charge in [-0.15, -0.1) is 0 Å². The minimum Gasteiger partial charge on any atom is -0.309 e. The van der Waals surface area contributed by atoms with Crippen molar-refractivity contribution in [1.29, 1.82) is 0 Å². The van der Waals surface area contributed by atoms with Gasteiger partial charge in [-0.3, -0.25) is 0 Å². The molecule has 0 radical (unpaired) electrons. The van der Waals surface area contributed by atoms with Crippen molar-refractivity contribution in [3.05, 3.63) is 176 Å². The Bertz CT molecular complexity index is 2410. The van der Waals surface area contributed by atoms with E-state index in [9.17, 15) is 0 Å². The maximum atomic E-state index is 4.03. The van der Waals surface area contributed by atoms with Crippen molar-refractivity contribution < 1.29 is 0 Å². The largest absolute Gasteiger partial charge is 0.309 e. The van der Waals surface area contributed by atoms with Crippen LogP contribution >= 0.6 is 0 Å². The molecule has 2 heterocycles. The quantitative estimate of drug-likeness (QED) is 0.174. The van der Waals surface area contributed by atoms with Crippen LogP contribution < -0.4 is 0 Å². The van der Waals surface area contributed by atoms with E-state index in [0.717, 1.165) is 22.5 Å². The second-order valence-corrected chi connectivity index (χ2v) is 11.4. The lowest BCUT2D eigenvalue weighted by Gasteiger charge is -2.11. The van der Waals surface area contributed by atoms with Crippen molar-refractivity contribution in [2.45, 2.75) is 6.92 Å². The molecule has 0 bridgehead atoms. The number of aromatic nitrogens is 2. The maximum absolute atomic E-state index is 4.03. The molecule has 0 aliphatic heterocycles. The highest BCUT2D eigenvalue weighted by molar-refractivity contribution is 6.28. The topological polar surface area (TPSA) is 9.86 Å². The number of rotatable bonds is 6. The number of benzene rings is 6. The zero-order valence-corrected chi connectivity index (χ0v) is 25.2. The smallest absolute Gasteiger partial charge is 0.0548 e. The van der Waals surface area contributed by atoms with Crippen molar-refractivity contribution in [3.8, 4) is 22.5 Å². The molecule has 2 heteroatoms. The molecule has 8 rings (SSSR count). The zero-order valence-electron chi connectivity index (χ0n) is 25.2. The number of allylic oxidation sites excluding steroid dienone is 5. The molecule has 0 fully saturated rings. The third-order valence-electron chi connectivity index (χ3n) is 8.85. The summed E-state index contributed by atoms with van der Waals surface area (Å²) in [5.74, 6) is 0. The maximum Gasteiger partial charge on any atom is 0.0548 e. The summed E-state index contributed by atoms with van der Waals surface area (Å²) in [4.78, 5) is 0. The number of nitrogens with zero attached hydrogens (tertiary/aromatic N) is 2. The third-order valence-corrected chi connectivity index (χ3v) is 8.85. The highest BCUT2D eigenvalue weighted by Crippen LogP contribution is 2.42. The minimum absolute atomic E-state index is 1.10. The lowest BCUT2D eigenvalue weighted by molar-refractivity contribution is 1.17. The van der Waals surface area contributed by atoms with Gasteiger partial charge in [0.15, 0.2) is 0 Å². The van der Waals surface area contributed by atoms with Crippen LogP contribution in [-0.4, -0.2) is 9.13 Å². The van der Waals surface area contributed by atoms with Gasteiger partial charge in [0, 0.05) is 32.9 Å². The molecule has 45 heavy (non-hydrogen) atoms. The molecule has 0 saturated carbocycles. The van der Waals surface area contributed by atoms with Crippen LogP contribution in [0.15, 0.2) is 170 Å². The van der Waals surface area contributed by atoms with Crippen molar-refractivity contribution >= 4 is 49.2 Å². The summed E-state index contributed by atoms with van der Waals surface area (Å²) in [5, 5.41) is 5.07. The Labute approximate surface area is 263 Å².